The van der Waals surface area contributed by atoms with E-state index in [2.05, 4.69) is 10.1 Å². The number of amides is 1. The largest absolute Gasteiger partial charge is 0.573 e. The second kappa shape index (κ2) is 9.83. The highest BCUT2D eigenvalue weighted by Crippen LogP contribution is 2.29. The maximum atomic E-state index is 13.0. The molecule has 0 aromatic heterocycles. The van der Waals surface area contributed by atoms with Crippen molar-refractivity contribution in [2.75, 3.05) is 31.5 Å². The van der Waals surface area contributed by atoms with Gasteiger partial charge in [0.25, 0.3) is 0 Å². The lowest BCUT2D eigenvalue weighted by Crippen LogP contribution is -2.44. The number of likely N-dealkylation sites (tertiary alicyclic amines) is 1. The van der Waals surface area contributed by atoms with Crippen LogP contribution in [0, 0.1) is 5.92 Å². The van der Waals surface area contributed by atoms with E-state index in [1.54, 1.807) is 0 Å². The Labute approximate surface area is 196 Å². The van der Waals surface area contributed by atoms with E-state index in [1.807, 2.05) is 35.2 Å². The van der Waals surface area contributed by atoms with E-state index in [9.17, 15) is 26.4 Å². The average Bonchev–Trinajstić information content (AvgIpc) is 3.27. The minimum absolute atomic E-state index is 0.0231. The summed E-state index contributed by atoms with van der Waals surface area (Å²) in [6, 6.07) is 14.3. The average molecular weight is 498 g/mol. The van der Waals surface area contributed by atoms with Crippen molar-refractivity contribution in [2.45, 2.75) is 36.6 Å². The number of nitrogens with one attached hydrogen (secondary N) is 1. The second-order valence-corrected chi connectivity index (χ2v) is 10.4. The molecule has 7 nitrogen and oxygen atoms in total. The van der Waals surface area contributed by atoms with Crippen LogP contribution < -0.4 is 10.1 Å². The number of sulfonamides is 1. The SMILES string of the molecule is O=C(C1CCN(S(=O)(=O)c2cccc(OC(F)(F)F)c2)CC1)N1CCC(Nc2ccccc2)C1. The van der Waals surface area contributed by atoms with E-state index in [0.29, 0.717) is 25.9 Å². The Morgan fingerprint density at radius 3 is 2.35 bits per heavy atom. The summed E-state index contributed by atoms with van der Waals surface area (Å²) in [4.78, 5) is 14.6. The molecular formula is C23H26F3N3O4S. The number of para-hydroxylation sites is 1. The number of hydrogen-bond acceptors (Lipinski definition) is 5. The highest BCUT2D eigenvalue weighted by atomic mass is 32.2. The lowest BCUT2D eigenvalue weighted by molar-refractivity contribution is -0.274. The number of carbonyl (C=O) groups is 1. The third-order valence-electron chi connectivity index (χ3n) is 6.12. The van der Waals surface area contributed by atoms with Gasteiger partial charge in [-0.1, -0.05) is 24.3 Å². The van der Waals surface area contributed by atoms with E-state index in [1.165, 1.54) is 16.4 Å². The van der Waals surface area contributed by atoms with Gasteiger partial charge in [-0.3, -0.25) is 4.79 Å². The Morgan fingerprint density at radius 2 is 1.68 bits per heavy atom. The van der Waals surface area contributed by atoms with Gasteiger partial charge in [-0.25, -0.2) is 8.42 Å². The number of ether oxygens (including phenoxy) is 1. The molecule has 2 aliphatic rings. The summed E-state index contributed by atoms with van der Waals surface area (Å²) in [6.45, 7) is 1.50. The molecule has 184 valence electrons. The maximum Gasteiger partial charge on any atom is 0.573 e. The first-order valence-electron chi connectivity index (χ1n) is 11.1. The Bertz CT molecular complexity index is 1100. The third kappa shape index (κ3) is 5.82. The third-order valence-corrected chi connectivity index (χ3v) is 8.02. The summed E-state index contributed by atoms with van der Waals surface area (Å²) >= 11 is 0. The molecule has 2 fully saturated rings. The predicted molar refractivity (Wildman–Crippen MR) is 120 cm³/mol. The highest BCUT2D eigenvalue weighted by Gasteiger charge is 2.36. The van der Waals surface area contributed by atoms with Gasteiger partial charge in [-0.05, 0) is 43.5 Å². The van der Waals surface area contributed by atoms with Crippen LogP contribution in [0.25, 0.3) is 0 Å². The number of benzene rings is 2. The molecule has 34 heavy (non-hydrogen) atoms. The molecule has 2 aromatic rings. The zero-order valence-electron chi connectivity index (χ0n) is 18.4. The molecule has 2 heterocycles. The van der Waals surface area contributed by atoms with Crippen molar-refractivity contribution in [1.82, 2.24) is 9.21 Å². The van der Waals surface area contributed by atoms with Crippen LogP contribution in [0.3, 0.4) is 0 Å². The van der Waals surface area contributed by atoms with Gasteiger partial charge >= 0.3 is 6.36 Å². The van der Waals surface area contributed by atoms with Crippen molar-refractivity contribution in [3.8, 4) is 5.75 Å². The predicted octanol–water partition coefficient (Wildman–Crippen LogP) is 3.70. The molecule has 0 saturated carbocycles. The van der Waals surface area contributed by atoms with Gasteiger partial charge in [0.2, 0.25) is 15.9 Å². The minimum Gasteiger partial charge on any atom is -0.406 e. The summed E-state index contributed by atoms with van der Waals surface area (Å²) in [5.74, 6) is -0.844. The van der Waals surface area contributed by atoms with Crippen LogP contribution in [-0.2, 0) is 14.8 Å². The summed E-state index contributed by atoms with van der Waals surface area (Å²) in [5, 5.41) is 3.43. The van der Waals surface area contributed by atoms with Gasteiger partial charge < -0.3 is 15.0 Å². The van der Waals surface area contributed by atoms with Crippen molar-refractivity contribution >= 4 is 21.6 Å². The number of alkyl halides is 3. The molecule has 4 rings (SSSR count). The molecular weight excluding hydrogens is 471 g/mol. The second-order valence-electron chi connectivity index (χ2n) is 8.48. The van der Waals surface area contributed by atoms with E-state index in [0.717, 1.165) is 24.2 Å². The number of carbonyl (C=O) groups excluding carboxylic acids is 1. The Hall–Kier alpha value is -2.79. The van der Waals surface area contributed by atoms with Crippen LogP contribution in [0.2, 0.25) is 0 Å². The van der Waals surface area contributed by atoms with E-state index in [4.69, 9.17) is 0 Å². The smallest absolute Gasteiger partial charge is 0.406 e. The molecule has 0 spiro atoms. The van der Waals surface area contributed by atoms with Gasteiger partial charge in [-0.2, -0.15) is 4.31 Å². The number of anilines is 1. The Kier molecular flexibility index (Phi) is 7.04. The first-order chi connectivity index (χ1) is 16.1. The number of rotatable bonds is 6. The van der Waals surface area contributed by atoms with Gasteiger partial charge in [-0.15, -0.1) is 13.2 Å². The van der Waals surface area contributed by atoms with Gasteiger partial charge in [0.1, 0.15) is 5.75 Å². The van der Waals surface area contributed by atoms with Crippen LogP contribution in [0.1, 0.15) is 19.3 Å². The van der Waals surface area contributed by atoms with Gasteiger partial charge in [0.15, 0.2) is 0 Å². The molecule has 2 saturated heterocycles. The number of piperidine rings is 1. The van der Waals surface area contributed by atoms with Crippen LogP contribution >= 0.6 is 0 Å². The highest BCUT2D eigenvalue weighted by molar-refractivity contribution is 7.89. The monoisotopic (exact) mass is 497 g/mol. The minimum atomic E-state index is -4.91. The van der Waals surface area contributed by atoms with Gasteiger partial charge in [0, 0.05) is 49.9 Å². The standard InChI is InChI=1S/C23H26F3N3O4S/c24-23(25,26)33-20-7-4-8-21(15-20)34(31,32)29-13-9-17(10-14-29)22(30)28-12-11-19(16-28)27-18-5-2-1-3-6-18/h1-8,15,17,19,27H,9-14,16H2. The molecule has 2 aromatic carbocycles. The molecule has 2 aliphatic heterocycles. The summed E-state index contributed by atoms with van der Waals surface area (Å²) in [5.41, 5.74) is 1.00. The first kappa shape index (κ1) is 24.3. The summed E-state index contributed by atoms with van der Waals surface area (Å²) < 4.78 is 68.4. The van der Waals surface area contributed by atoms with Crippen LogP contribution in [0.5, 0.6) is 5.75 Å². The molecule has 0 radical (unpaired) electrons. The lowest BCUT2D eigenvalue weighted by Gasteiger charge is -2.32. The Morgan fingerprint density at radius 1 is 0.971 bits per heavy atom. The fourth-order valence-corrected chi connectivity index (χ4v) is 5.94. The molecule has 1 unspecified atom stereocenters. The summed E-state index contributed by atoms with van der Waals surface area (Å²) in [7, 11) is -4.00. The molecule has 0 aliphatic carbocycles. The molecule has 1 N–H and O–H groups in total. The normalized spacial score (nSPS) is 20.3. The van der Waals surface area contributed by atoms with Gasteiger partial charge in [0.05, 0.1) is 4.90 Å². The van der Waals surface area contributed by atoms with Crippen molar-refractivity contribution in [1.29, 1.82) is 0 Å². The van der Waals surface area contributed by atoms with Crippen molar-refractivity contribution in [2.24, 2.45) is 5.92 Å². The molecule has 1 atom stereocenters. The molecule has 1 amide bonds. The quantitative estimate of drug-likeness (QED) is 0.659. The fraction of sp³-hybridized carbons (Fsp3) is 0.435. The topological polar surface area (TPSA) is 79.0 Å². The molecule has 0 bridgehead atoms. The zero-order chi connectivity index (χ0) is 24.3. The van der Waals surface area contributed by atoms with E-state index >= 15 is 0 Å². The lowest BCUT2D eigenvalue weighted by atomic mass is 9.96. The zero-order valence-corrected chi connectivity index (χ0v) is 19.2. The fourth-order valence-electron chi connectivity index (χ4n) is 4.43. The van der Waals surface area contributed by atoms with Crippen LogP contribution in [0.15, 0.2) is 59.5 Å². The van der Waals surface area contributed by atoms with Crippen LogP contribution in [-0.4, -0.2) is 62.1 Å². The van der Waals surface area contributed by atoms with Crippen molar-refractivity contribution in [3.63, 3.8) is 0 Å². The van der Waals surface area contributed by atoms with Crippen molar-refractivity contribution < 1.29 is 31.1 Å². The van der Waals surface area contributed by atoms with E-state index in [-0.39, 0.29) is 35.9 Å². The number of nitrogens with zero attached hydrogens (tertiary/aromatic N) is 2. The molecule has 11 heteroatoms. The van der Waals surface area contributed by atoms with Crippen molar-refractivity contribution in [3.05, 3.63) is 54.6 Å². The van der Waals surface area contributed by atoms with Crippen LogP contribution in [0.4, 0.5) is 18.9 Å². The summed E-state index contributed by atoms with van der Waals surface area (Å²) in [6.07, 6.45) is -3.34. The first-order valence-corrected chi connectivity index (χ1v) is 12.5. The number of hydrogen-bond donors (Lipinski definition) is 1. The maximum absolute atomic E-state index is 13.0. The van der Waals surface area contributed by atoms with E-state index < -0.39 is 22.1 Å². The Balaban J connectivity index is 1.32. The number of halogens is 3.